The van der Waals surface area contributed by atoms with Gasteiger partial charge in [0.15, 0.2) is 0 Å². The van der Waals surface area contributed by atoms with Gasteiger partial charge < -0.3 is 9.47 Å². The Kier molecular flexibility index (Phi) is 4.02. The molecule has 0 aromatic carbocycles. The molecule has 1 aliphatic rings. The molecule has 98 valence electrons. The Bertz CT molecular complexity index is 448. The van der Waals surface area contributed by atoms with E-state index in [1.54, 1.807) is 19.4 Å². The number of ether oxygens (including phenoxy) is 2. The molecule has 1 aromatic rings. The Hall–Kier alpha value is -0.940. The van der Waals surface area contributed by atoms with Gasteiger partial charge in [0.25, 0.3) is 0 Å². The third-order valence-corrected chi connectivity index (χ3v) is 4.23. The molecule has 0 fully saturated rings. The maximum atomic E-state index is 5.77. The maximum Gasteiger partial charge on any atom is 0.395 e. The summed E-state index contributed by atoms with van der Waals surface area (Å²) < 4.78 is 14.9. The quantitative estimate of drug-likeness (QED) is 0.619. The van der Waals surface area contributed by atoms with Gasteiger partial charge in [-0.3, -0.25) is 0 Å². The predicted octanol–water partition coefficient (Wildman–Crippen LogP) is 3.11. The molecule has 1 aliphatic heterocycles. The highest BCUT2D eigenvalue weighted by atomic mass is 35.5. The van der Waals surface area contributed by atoms with Crippen LogP contribution in [0.25, 0.3) is 0 Å². The van der Waals surface area contributed by atoms with Crippen LogP contribution in [0.15, 0.2) is 22.7 Å². The summed E-state index contributed by atoms with van der Waals surface area (Å²) in [6, 6.07) is 3.77. The topological polar surface area (TPSA) is 43.7 Å². The van der Waals surface area contributed by atoms with Crippen LogP contribution in [0.5, 0.6) is 0 Å². The lowest BCUT2D eigenvalue weighted by atomic mass is 9.98. The molecule has 18 heavy (non-hydrogen) atoms. The van der Waals surface area contributed by atoms with E-state index in [4.69, 9.17) is 21.1 Å². The number of hydrogen-bond acceptors (Lipinski definition) is 5. The lowest BCUT2D eigenvalue weighted by molar-refractivity contribution is 0.0481. The van der Waals surface area contributed by atoms with Crippen molar-refractivity contribution in [3.05, 3.63) is 29.0 Å². The molecular weight excluding hydrogens is 272 g/mol. The Morgan fingerprint density at radius 3 is 2.83 bits per heavy atom. The predicted molar refractivity (Wildman–Crippen MR) is 73.9 cm³/mol. The molecule has 0 spiro atoms. The van der Waals surface area contributed by atoms with Gasteiger partial charge in [-0.1, -0.05) is 17.7 Å². The number of nitrogens with zero attached hydrogens (tertiary/aromatic N) is 2. The van der Waals surface area contributed by atoms with Crippen molar-refractivity contribution in [3.63, 3.8) is 0 Å². The molecule has 0 saturated heterocycles. The van der Waals surface area contributed by atoms with Crippen LogP contribution in [0.1, 0.15) is 19.4 Å². The summed E-state index contributed by atoms with van der Waals surface area (Å²) in [7, 11) is 1.55. The van der Waals surface area contributed by atoms with Gasteiger partial charge in [-0.15, -0.1) is 4.40 Å². The Balaban J connectivity index is 2.09. The van der Waals surface area contributed by atoms with Crippen molar-refractivity contribution in [1.82, 2.24) is 4.98 Å². The van der Waals surface area contributed by atoms with E-state index in [0.717, 1.165) is 12.0 Å². The minimum absolute atomic E-state index is 0.208. The van der Waals surface area contributed by atoms with Gasteiger partial charge in [-0.05, 0) is 43.8 Å². The Morgan fingerprint density at radius 1 is 1.50 bits per heavy atom. The molecule has 1 unspecified atom stereocenters. The minimum atomic E-state index is -0.336. The molecule has 0 aliphatic carbocycles. The third-order valence-electron chi connectivity index (χ3n) is 2.76. The van der Waals surface area contributed by atoms with Crippen LogP contribution in [0.2, 0.25) is 5.15 Å². The number of methoxy groups -OCH3 is 1. The zero-order chi connectivity index (χ0) is 13.2. The van der Waals surface area contributed by atoms with E-state index in [1.165, 1.54) is 11.9 Å². The normalized spacial score (nSPS) is 22.0. The Morgan fingerprint density at radius 2 is 2.28 bits per heavy atom. The fourth-order valence-electron chi connectivity index (χ4n) is 1.65. The third kappa shape index (κ3) is 3.09. The van der Waals surface area contributed by atoms with Gasteiger partial charge in [-0.25, -0.2) is 4.98 Å². The van der Waals surface area contributed by atoms with Gasteiger partial charge in [0.05, 0.1) is 12.4 Å². The van der Waals surface area contributed by atoms with Crippen molar-refractivity contribution in [2.45, 2.75) is 31.1 Å². The van der Waals surface area contributed by atoms with E-state index < -0.39 is 0 Å². The number of rotatable bonds is 2. The zero-order valence-corrected chi connectivity index (χ0v) is 12.1. The van der Waals surface area contributed by atoms with Crippen LogP contribution >= 0.6 is 23.5 Å². The fraction of sp³-hybridized carbons (Fsp3) is 0.500. The van der Waals surface area contributed by atoms with Crippen molar-refractivity contribution < 1.29 is 9.47 Å². The number of hydrogen-bond donors (Lipinski definition) is 0. The molecule has 0 amide bonds. The summed E-state index contributed by atoms with van der Waals surface area (Å²) in [4.78, 5) is 4.08. The van der Waals surface area contributed by atoms with Crippen LogP contribution in [-0.4, -0.2) is 29.0 Å². The highest BCUT2D eigenvalue weighted by Gasteiger charge is 2.37. The van der Waals surface area contributed by atoms with Crippen LogP contribution in [0.3, 0.4) is 0 Å². The van der Waals surface area contributed by atoms with Gasteiger partial charge in [0.1, 0.15) is 10.8 Å². The van der Waals surface area contributed by atoms with Crippen molar-refractivity contribution >= 4 is 29.6 Å². The maximum absolute atomic E-state index is 5.77. The zero-order valence-electron chi connectivity index (χ0n) is 10.5. The summed E-state index contributed by atoms with van der Waals surface area (Å²) in [5.74, 6) is 0. The first-order valence-electron chi connectivity index (χ1n) is 5.58. The van der Waals surface area contributed by atoms with E-state index in [-0.39, 0.29) is 10.9 Å². The molecule has 0 radical (unpaired) electrons. The van der Waals surface area contributed by atoms with Crippen molar-refractivity contribution in [2.24, 2.45) is 4.40 Å². The number of pyridine rings is 1. The van der Waals surface area contributed by atoms with Crippen LogP contribution < -0.4 is 0 Å². The summed E-state index contributed by atoms with van der Waals surface area (Å²) >= 11 is 7.25. The average molecular weight is 287 g/mol. The second-order valence-corrected chi connectivity index (χ2v) is 5.90. The average Bonchev–Trinajstić information content (AvgIpc) is 2.34. The van der Waals surface area contributed by atoms with Crippen LogP contribution in [-0.2, 0) is 15.9 Å². The second-order valence-electron chi connectivity index (χ2n) is 4.55. The Labute approximate surface area is 116 Å². The first-order chi connectivity index (χ1) is 8.51. The first kappa shape index (κ1) is 13.5. The molecule has 2 heterocycles. The van der Waals surface area contributed by atoms with Crippen molar-refractivity contribution in [1.29, 1.82) is 0 Å². The smallest absolute Gasteiger partial charge is 0.395 e. The molecule has 0 saturated carbocycles. The van der Waals surface area contributed by atoms with E-state index >= 15 is 0 Å². The van der Waals surface area contributed by atoms with E-state index in [0.29, 0.717) is 11.2 Å². The summed E-state index contributed by atoms with van der Waals surface area (Å²) in [5, 5.41) is 0.713. The number of aromatic nitrogens is 1. The minimum Gasteiger partial charge on any atom is -0.453 e. The van der Waals surface area contributed by atoms with Gasteiger partial charge in [0, 0.05) is 6.20 Å². The van der Waals surface area contributed by atoms with Gasteiger partial charge >= 0.3 is 6.08 Å². The van der Waals surface area contributed by atoms with Gasteiger partial charge in [-0.2, -0.15) is 0 Å². The summed E-state index contributed by atoms with van der Waals surface area (Å²) in [6.07, 6.45) is 2.94. The van der Waals surface area contributed by atoms with Crippen molar-refractivity contribution in [3.8, 4) is 0 Å². The highest BCUT2D eigenvalue weighted by Crippen LogP contribution is 2.34. The van der Waals surface area contributed by atoms with E-state index in [1.807, 2.05) is 19.9 Å². The van der Waals surface area contributed by atoms with Crippen LogP contribution in [0, 0.1) is 0 Å². The standard InChI is InChI=1S/C12H15ClN2O2S/c1-12(2)9(18-15-11(16-3)17-12)6-8-4-5-10(13)14-7-8/h4-5,7,9H,6H2,1-3H3. The fourth-order valence-corrected chi connectivity index (χ4v) is 2.65. The monoisotopic (exact) mass is 286 g/mol. The summed E-state index contributed by atoms with van der Waals surface area (Å²) in [6.45, 7) is 4.06. The lowest BCUT2D eigenvalue weighted by Gasteiger charge is -2.35. The largest absolute Gasteiger partial charge is 0.453 e. The summed E-state index contributed by atoms with van der Waals surface area (Å²) in [5.41, 5.74) is 0.779. The van der Waals surface area contributed by atoms with Gasteiger partial charge in [0.2, 0.25) is 0 Å². The molecule has 0 bridgehead atoms. The highest BCUT2D eigenvalue weighted by molar-refractivity contribution is 7.98. The molecular formula is C12H15ClN2O2S. The van der Waals surface area contributed by atoms with Crippen LogP contribution in [0.4, 0.5) is 0 Å². The molecule has 2 rings (SSSR count). The molecule has 6 heteroatoms. The van der Waals surface area contributed by atoms with E-state index in [9.17, 15) is 0 Å². The molecule has 1 atom stereocenters. The van der Waals surface area contributed by atoms with E-state index in [2.05, 4.69) is 9.38 Å². The first-order valence-corrected chi connectivity index (χ1v) is 6.80. The molecule has 0 N–H and O–H groups in total. The second kappa shape index (κ2) is 5.36. The SMILES string of the molecule is COC1=NSC(Cc2ccc(Cl)nc2)C(C)(C)O1. The molecule has 1 aromatic heterocycles. The lowest BCUT2D eigenvalue weighted by Crippen LogP contribution is -2.42. The number of halogens is 1. The molecule has 4 nitrogen and oxygen atoms in total. The van der Waals surface area contributed by atoms with Crippen molar-refractivity contribution in [2.75, 3.05) is 7.11 Å².